The van der Waals surface area contributed by atoms with Crippen molar-refractivity contribution in [1.29, 1.82) is 0 Å². The molecule has 0 bridgehead atoms. The molecule has 0 aliphatic carbocycles. The largest absolute Gasteiger partial charge is 0.497 e. The maximum absolute atomic E-state index is 5.94. The van der Waals surface area contributed by atoms with Gasteiger partial charge < -0.3 is 14.0 Å². The summed E-state index contributed by atoms with van der Waals surface area (Å²) in [6.07, 6.45) is 2.36. The molecule has 0 N–H and O–H groups in total. The van der Waals surface area contributed by atoms with E-state index in [1.807, 2.05) is 39.8 Å². The molecule has 1 aromatic rings. The molecule has 0 radical (unpaired) electrons. The van der Waals surface area contributed by atoms with Gasteiger partial charge >= 0.3 is 7.12 Å². The number of methoxy groups -OCH3 is 1. The molecule has 0 atom stereocenters. The Kier molecular flexibility index (Phi) is 3.38. The molecule has 0 saturated carbocycles. The van der Waals surface area contributed by atoms with Gasteiger partial charge in [-0.2, -0.15) is 0 Å². The molecule has 98 valence electrons. The van der Waals surface area contributed by atoms with Crippen molar-refractivity contribution >= 4 is 7.12 Å². The van der Waals surface area contributed by atoms with E-state index in [0.29, 0.717) is 6.32 Å². The van der Waals surface area contributed by atoms with Crippen LogP contribution in [0.4, 0.5) is 0 Å². The predicted molar refractivity (Wildman–Crippen MR) is 70.6 cm³/mol. The second kappa shape index (κ2) is 4.55. The lowest BCUT2D eigenvalue weighted by Gasteiger charge is -2.32. The number of nitrogens with zero attached hydrogens (tertiary/aromatic N) is 1. The lowest BCUT2D eigenvalue weighted by molar-refractivity contribution is 0.00578. The summed E-state index contributed by atoms with van der Waals surface area (Å²) < 4.78 is 17.1. The van der Waals surface area contributed by atoms with Gasteiger partial charge in [0.15, 0.2) is 0 Å². The molecule has 1 aliphatic heterocycles. The SMILES string of the molecule is COc1ccnc(CB2OC(C)(C)C(C)(C)O2)c1. The summed E-state index contributed by atoms with van der Waals surface area (Å²) in [6.45, 7) is 8.19. The van der Waals surface area contributed by atoms with Crippen molar-refractivity contribution in [1.82, 2.24) is 4.98 Å². The van der Waals surface area contributed by atoms with Gasteiger partial charge in [0.25, 0.3) is 0 Å². The van der Waals surface area contributed by atoms with E-state index in [-0.39, 0.29) is 18.3 Å². The Morgan fingerprint density at radius 3 is 2.39 bits per heavy atom. The van der Waals surface area contributed by atoms with Crippen LogP contribution in [0.15, 0.2) is 18.3 Å². The van der Waals surface area contributed by atoms with E-state index in [0.717, 1.165) is 11.4 Å². The van der Waals surface area contributed by atoms with Crippen molar-refractivity contribution < 1.29 is 14.0 Å². The molecule has 0 unspecified atom stereocenters. The molecular weight excluding hydrogens is 229 g/mol. The first-order valence-corrected chi connectivity index (χ1v) is 6.18. The van der Waals surface area contributed by atoms with E-state index < -0.39 is 0 Å². The highest BCUT2D eigenvalue weighted by Gasteiger charge is 2.50. The van der Waals surface area contributed by atoms with E-state index in [9.17, 15) is 0 Å². The Morgan fingerprint density at radius 1 is 1.22 bits per heavy atom. The quantitative estimate of drug-likeness (QED) is 0.770. The van der Waals surface area contributed by atoms with Gasteiger partial charge in [0.2, 0.25) is 0 Å². The average Bonchev–Trinajstić information content (AvgIpc) is 2.47. The second-order valence-corrected chi connectivity index (χ2v) is 5.58. The van der Waals surface area contributed by atoms with Gasteiger partial charge in [-0.05, 0) is 33.8 Å². The minimum absolute atomic E-state index is 0.255. The van der Waals surface area contributed by atoms with Gasteiger partial charge in [0, 0.05) is 24.3 Å². The molecule has 2 heterocycles. The Bertz CT molecular complexity index is 418. The van der Waals surface area contributed by atoms with Crippen molar-refractivity contribution in [3.05, 3.63) is 24.0 Å². The van der Waals surface area contributed by atoms with Crippen LogP contribution in [0.25, 0.3) is 0 Å². The maximum Gasteiger partial charge on any atom is 0.464 e. The third-order valence-corrected chi connectivity index (χ3v) is 3.70. The van der Waals surface area contributed by atoms with Crippen LogP contribution >= 0.6 is 0 Å². The monoisotopic (exact) mass is 249 g/mol. The lowest BCUT2D eigenvalue weighted by Crippen LogP contribution is -2.41. The minimum Gasteiger partial charge on any atom is -0.497 e. The standard InChI is InChI=1S/C13H20BNO3/c1-12(2)13(3,4)18-14(17-12)9-10-8-11(16-5)6-7-15-10/h6-8H,9H2,1-5H3. The number of aromatic nitrogens is 1. The topological polar surface area (TPSA) is 40.6 Å². The zero-order chi connectivity index (χ0) is 13.4. The van der Waals surface area contributed by atoms with E-state index in [4.69, 9.17) is 14.0 Å². The molecular formula is C13H20BNO3. The Hall–Kier alpha value is -1.07. The molecule has 0 aromatic carbocycles. The van der Waals surface area contributed by atoms with E-state index in [2.05, 4.69) is 4.98 Å². The highest BCUT2D eigenvalue weighted by molar-refractivity contribution is 6.44. The Morgan fingerprint density at radius 2 is 1.83 bits per heavy atom. The van der Waals surface area contributed by atoms with Gasteiger partial charge in [-0.3, -0.25) is 4.98 Å². The molecule has 0 spiro atoms. The normalized spacial score (nSPS) is 21.1. The Labute approximate surface area is 109 Å². The third kappa shape index (κ3) is 2.52. The second-order valence-electron chi connectivity index (χ2n) is 5.58. The van der Waals surface area contributed by atoms with Crippen LogP contribution < -0.4 is 4.74 Å². The van der Waals surface area contributed by atoms with Gasteiger partial charge in [0.1, 0.15) is 5.75 Å². The average molecular weight is 249 g/mol. The summed E-state index contributed by atoms with van der Waals surface area (Å²) in [5.74, 6) is 0.802. The molecule has 1 aromatic heterocycles. The smallest absolute Gasteiger partial charge is 0.464 e. The van der Waals surface area contributed by atoms with Crippen LogP contribution in [-0.2, 0) is 15.6 Å². The number of ether oxygens (including phenoxy) is 1. The summed E-state index contributed by atoms with van der Waals surface area (Å²) in [5.41, 5.74) is 0.320. The molecule has 0 amide bonds. The van der Waals surface area contributed by atoms with Gasteiger partial charge in [-0.25, -0.2) is 0 Å². The highest BCUT2D eigenvalue weighted by atomic mass is 16.7. The molecule has 1 saturated heterocycles. The van der Waals surface area contributed by atoms with Gasteiger partial charge in [-0.15, -0.1) is 0 Å². The molecule has 5 heteroatoms. The molecule has 2 rings (SSSR count). The van der Waals surface area contributed by atoms with Crippen molar-refractivity contribution in [2.45, 2.75) is 45.2 Å². The van der Waals surface area contributed by atoms with E-state index >= 15 is 0 Å². The summed E-state index contributed by atoms with van der Waals surface area (Å²) in [5, 5.41) is 0. The summed E-state index contributed by atoms with van der Waals surface area (Å²) in [4.78, 5) is 4.31. The van der Waals surface area contributed by atoms with Crippen LogP contribution in [0.3, 0.4) is 0 Å². The van der Waals surface area contributed by atoms with Crippen molar-refractivity contribution in [2.75, 3.05) is 7.11 Å². The number of rotatable bonds is 3. The molecule has 1 fully saturated rings. The van der Waals surface area contributed by atoms with Crippen molar-refractivity contribution in [3.8, 4) is 5.75 Å². The zero-order valence-electron chi connectivity index (χ0n) is 11.7. The first kappa shape index (κ1) is 13.4. The number of pyridine rings is 1. The third-order valence-electron chi connectivity index (χ3n) is 3.70. The van der Waals surface area contributed by atoms with E-state index in [1.165, 1.54) is 0 Å². The first-order chi connectivity index (χ1) is 8.34. The minimum atomic E-state index is -0.295. The molecule has 4 nitrogen and oxygen atoms in total. The first-order valence-electron chi connectivity index (χ1n) is 6.18. The molecule has 1 aliphatic rings. The summed E-state index contributed by atoms with van der Waals surface area (Å²) >= 11 is 0. The van der Waals surface area contributed by atoms with Crippen LogP contribution in [-0.4, -0.2) is 30.4 Å². The van der Waals surface area contributed by atoms with Crippen molar-refractivity contribution in [2.24, 2.45) is 0 Å². The fraction of sp³-hybridized carbons (Fsp3) is 0.615. The maximum atomic E-state index is 5.94. The van der Waals surface area contributed by atoms with E-state index in [1.54, 1.807) is 13.3 Å². The number of hydrogen-bond acceptors (Lipinski definition) is 4. The highest BCUT2D eigenvalue weighted by Crippen LogP contribution is 2.37. The fourth-order valence-corrected chi connectivity index (χ4v) is 1.91. The lowest BCUT2D eigenvalue weighted by atomic mass is 9.83. The van der Waals surface area contributed by atoms with Crippen LogP contribution in [0.2, 0.25) is 0 Å². The van der Waals surface area contributed by atoms with Crippen LogP contribution in [0.1, 0.15) is 33.4 Å². The van der Waals surface area contributed by atoms with Crippen LogP contribution in [0.5, 0.6) is 5.75 Å². The fourth-order valence-electron chi connectivity index (χ4n) is 1.91. The van der Waals surface area contributed by atoms with Gasteiger partial charge in [-0.1, -0.05) is 0 Å². The zero-order valence-corrected chi connectivity index (χ0v) is 11.7. The predicted octanol–water partition coefficient (Wildman–Crippen LogP) is 2.26. The van der Waals surface area contributed by atoms with Crippen LogP contribution in [0, 0.1) is 0 Å². The number of hydrogen-bond donors (Lipinski definition) is 0. The summed E-state index contributed by atoms with van der Waals surface area (Å²) in [6, 6.07) is 3.73. The Balaban J connectivity index is 2.07. The van der Waals surface area contributed by atoms with Gasteiger partial charge in [0.05, 0.1) is 18.3 Å². The summed E-state index contributed by atoms with van der Waals surface area (Å²) in [7, 11) is 1.39. The van der Waals surface area contributed by atoms with Crippen molar-refractivity contribution in [3.63, 3.8) is 0 Å². The molecule has 18 heavy (non-hydrogen) atoms.